The van der Waals surface area contributed by atoms with Crippen LogP contribution in [0.2, 0.25) is 5.02 Å². The number of hydrogen-bond acceptors (Lipinski definition) is 6. The van der Waals surface area contributed by atoms with Crippen LogP contribution in [0, 0.1) is 0 Å². The average molecular weight is 507 g/mol. The molecule has 4 heterocycles. The first-order chi connectivity index (χ1) is 16.4. The third-order valence-corrected chi connectivity index (χ3v) is 7.28. The molecule has 3 aromatic rings. The lowest BCUT2D eigenvalue weighted by molar-refractivity contribution is -0.0360. The van der Waals surface area contributed by atoms with Gasteiger partial charge in [0.05, 0.1) is 22.8 Å². The number of aryl methyl sites for hydroxylation is 2. The Bertz CT molecular complexity index is 1320. The predicted octanol–water partition coefficient (Wildman–Crippen LogP) is 4.45. The summed E-state index contributed by atoms with van der Waals surface area (Å²) in [7, 11) is 1.71. The Morgan fingerprint density at radius 1 is 1.23 bits per heavy atom. The summed E-state index contributed by atoms with van der Waals surface area (Å²) >= 11 is 6.38. The number of anilines is 3. The van der Waals surface area contributed by atoms with Crippen LogP contribution < -0.4 is 15.9 Å². The summed E-state index contributed by atoms with van der Waals surface area (Å²) in [5.41, 5.74) is 1.08. The second kappa shape index (κ2) is 8.44. The first-order valence-electron chi connectivity index (χ1n) is 11.8. The molecular weight excluding hydrogens is 478 g/mol. The van der Waals surface area contributed by atoms with Crippen LogP contribution in [0.4, 0.5) is 26.2 Å². The molecule has 11 heteroatoms. The van der Waals surface area contributed by atoms with Crippen LogP contribution in [0.3, 0.4) is 0 Å². The van der Waals surface area contributed by atoms with Crippen molar-refractivity contribution in [3.8, 4) is 0 Å². The number of alkyl halides is 2. The van der Waals surface area contributed by atoms with E-state index in [1.165, 1.54) is 6.20 Å². The molecule has 0 saturated carbocycles. The van der Waals surface area contributed by atoms with Crippen LogP contribution in [-0.2, 0) is 13.6 Å². The summed E-state index contributed by atoms with van der Waals surface area (Å²) < 4.78 is 31.3. The molecule has 35 heavy (non-hydrogen) atoms. The molecule has 2 unspecified atom stereocenters. The molecule has 2 bridgehead atoms. The number of halogens is 3. The van der Waals surface area contributed by atoms with E-state index in [1.54, 1.807) is 30.0 Å². The molecule has 0 radical (unpaired) electrons. The zero-order chi connectivity index (χ0) is 25.1. The molecule has 2 aromatic heterocycles. The number of imidazole rings is 1. The molecule has 0 spiro atoms. The number of aromatic nitrogens is 4. The van der Waals surface area contributed by atoms with Crippen LogP contribution >= 0.6 is 11.6 Å². The molecule has 5 rings (SSSR count). The van der Waals surface area contributed by atoms with Gasteiger partial charge >= 0.3 is 5.69 Å². The van der Waals surface area contributed by atoms with Crippen LogP contribution in [0.15, 0.2) is 29.2 Å². The zero-order valence-electron chi connectivity index (χ0n) is 19.9. The normalized spacial score (nSPS) is 21.6. The average Bonchev–Trinajstić information content (AvgIpc) is 3.18. The first-order valence-corrected chi connectivity index (χ1v) is 12.2. The van der Waals surface area contributed by atoms with Crippen molar-refractivity contribution >= 4 is 40.1 Å². The number of rotatable bonds is 6. The van der Waals surface area contributed by atoms with E-state index in [2.05, 4.69) is 15.3 Å². The molecule has 1 aromatic carbocycles. The van der Waals surface area contributed by atoms with Gasteiger partial charge in [-0.05, 0) is 51.3 Å². The van der Waals surface area contributed by atoms with E-state index in [0.29, 0.717) is 53.8 Å². The Morgan fingerprint density at radius 2 is 1.91 bits per heavy atom. The minimum atomic E-state index is -2.65. The first kappa shape index (κ1) is 24.0. The Hall–Kier alpha value is -2.72. The molecule has 2 atom stereocenters. The van der Waals surface area contributed by atoms with Crippen molar-refractivity contribution in [1.29, 1.82) is 0 Å². The molecule has 8 nitrogen and oxygen atoms in total. The van der Waals surface area contributed by atoms with Gasteiger partial charge in [0.1, 0.15) is 5.02 Å². The smallest absolute Gasteiger partial charge is 0.328 e. The van der Waals surface area contributed by atoms with Crippen LogP contribution in [0.25, 0.3) is 11.0 Å². The number of hydrogen-bond donors (Lipinski definition) is 2. The predicted molar refractivity (Wildman–Crippen MR) is 132 cm³/mol. The molecular formula is C24H29ClF2N6O2. The van der Waals surface area contributed by atoms with Crippen molar-refractivity contribution in [2.45, 2.75) is 76.1 Å². The van der Waals surface area contributed by atoms with E-state index >= 15 is 0 Å². The van der Waals surface area contributed by atoms with Gasteiger partial charge in [-0.3, -0.25) is 9.13 Å². The Balaban J connectivity index is 1.45. The van der Waals surface area contributed by atoms with E-state index in [0.717, 1.165) is 5.52 Å². The molecule has 2 fully saturated rings. The Kier molecular flexibility index (Phi) is 5.79. The maximum Gasteiger partial charge on any atom is 0.328 e. The van der Waals surface area contributed by atoms with Crippen molar-refractivity contribution in [2.24, 2.45) is 7.05 Å². The molecule has 2 N–H and O–H groups in total. The van der Waals surface area contributed by atoms with Crippen molar-refractivity contribution in [3.63, 3.8) is 0 Å². The number of aliphatic hydroxyl groups is 1. The largest absolute Gasteiger partial charge is 0.390 e. The topological polar surface area (TPSA) is 88.2 Å². The van der Waals surface area contributed by atoms with Crippen LogP contribution in [0.1, 0.15) is 46.0 Å². The number of nitrogens with one attached hydrogen (secondary N) is 1. The van der Waals surface area contributed by atoms with Crippen molar-refractivity contribution in [3.05, 3.63) is 39.9 Å². The third kappa shape index (κ3) is 4.61. The fourth-order valence-electron chi connectivity index (χ4n) is 5.26. The van der Waals surface area contributed by atoms with Gasteiger partial charge in [0, 0.05) is 44.2 Å². The lowest BCUT2D eigenvalue weighted by Crippen LogP contribution is -2.48. The summed E-state index contributed by atoms with van der Waals surface area (Å²) in [5, 5.41) is 13.6. The third-order valence-electron chi connectivity index (χ3n) is 7.01. The fraction of sp³-hybridized carbons (Fsp3) is 0.542. The highest BCUT2D eigenvalue weighted by molar-refractivity contribution is 6.32. The Labute approximate surface area is 206 Å². The fourth-order valence-corrected chi connectivity index (χ4v) is 5.40. The van der Waals surface area contributed by atoms with Gasteiger partial charge in [-0.15, -0.1) is 0 Å². The van der Waals surface area contributed by atoms with Crippen molar-refractivity contribution in [1.82, 2.24) is 19.1 Å². The summed E-state index contributed by atoms with van der Waals surface area (Å²) in [6, 6.07) is 4.92. The van der Waals surface area contributed by atoms with Gasteiger partial charge in [0.15, 0.2) is 5.82 Å². The number of benzene rings is 1. The monoisotopic (exact) mass is 506 g/mol. The Morgan fingerprint density at radius 3 is 2.57 bits per heavy atom. The van der Waals surface area contributed by atoms with Crippen molar-refractivity contribution in [2.75, 3.05) is 10.2 Å². The highest BCUT2D eigenvalue weighted by atomic mass is 35.5. The molecule has 2 aliphatic rings. The number of nitrogens with zero attached hydrogens (tertiary/aromatic N) is 5. The van der Waals surface area contributed by atoms with Gasteiger partial charge in [0.25, 0.3) is 5.92 Å². The number of fused-ring (bicyclic) bond motifs is 3. The maximum absolute atomic E-state index is 14.0. The lowest BCUT2D eigenvalue weighted by Gasteiger charge is -2.38. The van der Waals surface area contributed by atoms with E-state index in [4.69, 9.17) is 11.6 Å². The van der Waals surface area contributed by atoms with Gasteiger partial charge < -0.3 is 15.3 Å². The van der Waals surface area contributed by atoms with Gasteiger partial charge in [0.2, 0.25) is 5.95 Å². The van der Waals surface area contributed by atoms with Crippen molar-refractivity contribution < 1.29 is 13.9 Å². The van der Waals surface area contributed by atoms with E-state index in [9.17, 15) is 18.7 Å². The highest BCUT2D eigenvalue weighted by Crippen LogP contribution is 2.45. The molecule has 188 valence electrons. The highest BCUT2D eigenvalue weighted by Gasteiger charge is 2.50. The van der Waals surface area contributed by atoms with E-state index < -0.39 is 11.5 Å². The maximum atomic E-state index is 14.0. The van der Waals surface area contributed by atoms with Gasteiger partial charge in [-0.25, -0.2) is 18.6 Å². The second-order valence-electron chi connectivity index (χ2n) is 10.3. The summed E-state index contributed by atoms with van der Waals surface area (Å²) in [6.45, 7) is 3.78. The van der Waals surface area contributed by atoms with Crippen LogP contribution in [-0.4, -0.2) is 47.8 Å². The standard InChI is InChI=1S/C24H29ClF2N6O2/c1-23(2,35)8-9-32-19-10-14(4-7-18(19)31(3)22(32)34)29-20-17(25)13-28-21(30-20)33-15-5-6-16(33)12-24(26,27)11-15/h4,7,10,13,15-16,35H,5-6,8-9,11-12H2,1-3H3,(H,28,29,30). The number of piperidine rings is 1. The lowest BCUT2D eigenvalue weighted by atomic mass is 9.99. The summed E-state index contributed by atoms with van der Waals surface area (Å²) in [5.74, 6) is -1.89. The molecule has 0 amide bonds. The summed E-state index contributed by atoms with van der Waals surface area (Å²) in [4.78, 5) is 23.6. The molecule has 0 aliphatic carbocycles. The zero-order valence-corrected chi connectivity index (χ0v) is 20.7. The quantitative estimate of drug-likeness (QED) is 0.513. The minimum Gasteiger partial charge on any atom is -0.390 e. The molecule has 2 saturated heterocycles. The van der Waals surface area contributed by atoms with E-state index in [-0.39, 0.29) is 30.6 Å². The van der Waals surface area contributed by atoms with Gasteiger partial charge in [-0.2, -0.15) is 4.98 Å². The van der Waals surface area contributed by atoms with E-state index in [1.807, 2.05) is 23.1 Å². The molecule has 2 aliphatic heterocycles. The second-order valence-corrected chi connectivity index (χ2v) is 10.7. The van der Waals surface area contributed by atoms with Gasteiger partial charge in [-0.1, -0.05) is 11.6 Å². The SMILES string of the molecule is Cn1c(=O)n(CCC(C)(C)O)c2cc(Nc3nc(N4C5CCC4CC(F)(F)C5)ncc3Cl)ccc21. The minimum absolute atomic E-state index is 0.166. The van der Waals surface area contributed by atoms with Crippen LogP contribution in [0.5, 0.6) is 0 Å². The summed E-state index contributed by atoms with van der Waals surface area (Å²) in [6.07, 6.45) is 2.92.